The molecule has 94 valence electrons. The Bertz CT molecular complexity index is 539. The maximum Gasteiger partial charge on any atom is 0.252 e. The van der Waals surface area contributed by atoms with E-state index in [9.17, 15) is 4.79 Å². The second-order valence-electron chi connectivity index (χ2n) is 3.84. The maximum atomic E-state index is 11.3. The molecule has 0 bridgehead atoms. The minimum atomic E-state index is -0.534. The topological polar surface area (TPSA) is 94.0 Å². The van der Waals surface area contributed by atoms with Crippen LogP contribution in [0.4, 0.5) is 11.5 Å². The summed E-state index contributed by atoms with van der Waals surface area (Å²) in [5.74, 6) is -0.0558. The summed E-state index contributed by atoms with van der Waals surface area (Å²) in [5, 5.41) is 7.22. The molecule has 6 heteroatoms. The molecule has 2 aromatic rings. The molecule has 2 aromatic heterocycles. The predicted octanol–water partition coefficient (Wildman–Crippen LogP) is 1.48. The minimum absolute atomic E-state index is 0.320. The molecule has 18 heavy (non-hydrogen) atoms. The van der Waals surface area contributed by atoms with Gasteiger partial charge in [-0.1, -0.05) is 0 Å². The van der Waals surface area contributed by atoms with Crippen molar-refractivity contribution < 1.29 is 4.79 Å². The number of hydrogen-bond acceptors (Lipinski definition) is 5. The molecule has 0 spiro atoms. The fourth-order valence-corrected chi connectivity index (χ4v) is 2.27. The van der Waals surface area contributed by atoms with Crippen LogP contribution in [0.5, 0.6) is 0 Å². The van der Waals surface area contributed by atoms with Gasteiger partial charge in [-0.25, -0.2) is 4.98 Å². The molecule has 0 saturated carbocycles. The van der Waals surface area contributed by atoms with Crippen molar-refractivity contribution in [2.75, 3.05) is 17.6 Å². The summed E-state index contributed by atoms with van der Waals surface area (Å²) in [6.45, 7) is 0.688. The molecule has 0 unspecified atom stereocenters. The van der Waals surface area contributed by atoms with Crippen LogP contribution in [0.1, 0.15) is 15.9 Å². The average Bonchev–Trinajstić information content (AvgIpc) is 2.84. The molecule has 0 aromatic carbocycles. The smallest absolute Gasteiger partial charge is 0.252 e. The Morgan fingerprint density at radius 1 is 1.50 bits per heavy atom. The van der Waals surface area contributed by atoms with Crippen molar-refractivity contribution >= 4 is 28.7 Å². The summed E-state index contributed by atoms with van der Waals surface area (Å²) in [6.07, 6.45) is 2.37. The molecule has 0 radical (unpaired) electrons. The lowest BCUT2D eigenvalue weighted by atomic mass is 10.2. The van der Waals surface area contributed by atoms with E-state index in [4.69, 9.17) is 11.5 Å². The van der Waals surface area contributed by atoms with Crippen molar-refractivity contribution in [2.24, 2.45) is 5.73 Å². The lowest BCUT2D eigenvalue weighted by molar-refractivity contribution is 0.100. The molecule has 5 nitrogen and oxygen atoms in total. The van der Waals surface area contributed by atoms with E-state index in [-0.39, 0.29) is 0 Å². The van der Waals surface area contributed by atoms with Crippen molar-refractivity contribution in [3.8, 4) is 0 Å². The standard InChI is InChI=1S/C12H14N4OS/c13-9-5-10(11(14)17)12(16-6-9)15-3-1-8-2-4-18-7-8/h2,4-7H,1,3,13H2,(H2,14,17)(H,15,16). The number of nitrogens with one attached hydrogen (secondary N) is 1. The zero-order valence-electron chi connectivity index (χ0n) is 9.72. The highest BCUT2D eigenvalue weighted by atomic mass is 32.1. The zero-order chi connectivity index (χ0) is 13.0. The van der Waals surface area contributed by atoms with Crippen LogP contribution in [-0.2, 0) is 6.42 Å². The van der Waals surface area contributed by atoms with E-state index >= 15 is 0 Å². The van der Waals surface area contributed by atoms with Crippen LogP contribution < -0.4 is 16.8 Å². The normalized spacial score (nSPS) is 10.2. The fraction of sp³-hybridized carbons (Fsp3) is 0.167. The Morgan fingerprint density at radius 2 is 2.33 bits per heavy atom. The number of nitrogens with two attached hydrogens (primary N) is 2. The highest BCUT2D eigenvalue weighted by molar-refractivity contribution is 7.07. The highest BCUT2D eigenvalue weighted by Gasteiger charge is 2.09. The van der Waals surface area contributed by atoms with Crippen LogP contribution in [0.2, 0.25) is 0 Å². The number of amides is 1. The SMILES string of the molecule is NC(=O)c1cc(N)cnc1NCCc1ccsc1. The Morgan fingerprint density at radius 3 is 3.00 bits per heavy atom. The van der Waals surface area contributed by atoms with Gasteiger partial charge in [0.25, 0.3) is 5.91 Å². The molecule has 1 amide bonds. The van der Waals surface area contributed by atoms with Gasteiger partial charge in [-0.3, -0.25) is 4.79 Å². The molecule has 0 saturated heterocycles. The average molecular weight is 262 g/mol. The second kappa shape index (κ2) is 5.50. The van der Waals surface area contributed by atoms with Crippen molar-refractivity contribution in [1.29, 1.82) is 0 Å². The van der Waals surface area contributed by atoms with Gasteiger partial charge in [0.2, 0.25) is 0 Å². The third-order valence-electron chi connectivity index (χ3n) is 2.46. The Kier molecular flexibility index (Phi) is 3.78. The first-order chi connectivity index (χ1) is 8.66. The number of primary amides is 1. The number of rotatable bonds is 5. The molecule has 0 atom stereocenters. The third-order valence-corrected chi connectivity index (χ3v) is 3.19. The summed E-state index contributed by atoms with van der Waals surface area (Å²) in [4.78, 5) is 15.3. The highest BCUT2D eigenvalue weighted by Crippen LogP contribution is 2.15. The van der Waals surface area contributed by atoms with E-state index in [1.165, 1.54) is 17.8 Å². The number of nitrogen functional groups attached to an aromatic ring is 1. The lowest BCUT2D eigenvalue weighted by Gasteiger charge is -2.09. The zero-order valence-corrected chi connectivity index (χ0v) is 10.5. The van der Waals surface area contributed by atoms with Crippen LogP contribution in [0.3, 0.4) is 0 Å². The van der Waals surface area contributed by atoms with Gasteiger partial charge in [-0.05, 0) is 34.9 Å². The van der Waals surface area contributed by atoms with Crippen LogP contribution in [0.25, 0.3) is 0 Å². The number of thiophene rings is 1. The maximum absolute atomic E-state index is 11.3. The third kappa shape index (κ3) is 2.98. The molecule has 0 aliphatic rings. The van der Waals surface area contributed by atoms with E-state index in [1.807, 2.05) is 5.38 Å². The van der Waals surface area contributed by atoms with Gasteiger partial charge in [0.05, 0.1) is 17.4 Å². The van der Waals surface area contributed by atoms with Gasteiger partial charge >= 0.3 is 0 Å². The lowest BCUT2D eigenvalue weighted by Crippen LogP contribution is -2.17. The summed E-state index contributed by atoms with van der Waals surface area (Å²) >= 11 is 1.66. The quantitative estimate of drug-likeness (QED) is 0.760. The van der Waals surface area contributed by atoms with Gasteiger partial charge in [0.1, 0.15) is 5.82 Å². The minimum Gasteiger partial charge on any atom is -0.397 e. The molecule has 2 rings (SSSR count). The number of anilines is 2. The number of aromatic nitrogens is 1. The van der Waals surface area contributed by atoms with Crippen molar-refractivity contribution in [1.82, 2.24) is 4.98 Å². The van der Waals surface area contributed by atoms with E-state index in [0.717, 1.165) is 6.42 Å². The molecule has 0 fully saturated rings. The molecule has 0 aliphatic carbocycles. The van der Waals surface area contributed by atoms with Gasteiger partial charge in [0, 0.05) is 6.54 Å². The molecular weight excluding hydrogens is 248 g/mol. The summed E-state index contributed by atoms with van der Waals surface area (Å²) < 4.78 is 0. The largest absolute Gasteiger partial charge is 0.397 e. The Hall–Kier alpha value is -2.08. The van der Waals surface area contributed by atoms with Crippen LogP contribution in [0.15, 0.2) is 29.1 Å². The Labute approximate surface area is 109 Å². The molecule has 2 heterocycles. The van der Waals surface area contributed by atoms with Gasteiger partial charge in [-0.15, -0.1) is 0 Å². The second-order valence-corrected chi connectivity index (χ2v) is 4.62. The monoisotopic (exact) mass is 262 g/mol. The van der Waals surface area contributed by atoms with Crippen LogP contribution in [-0.4, -0.2) is 17.4 Å². The predicted molar refractivity (Wildman–Crippen MR) is 73.7 cm³/mol. The number of nitrogens with zero attached hydrogens (tertiary/aromatic N) is 1. The van der Waals surface area contributed by atoms with Crippen LogP contribution in [0, 0.1) is 0 Å². The van der Waals surface area contributed by atoms with E-state index < -0.39 is 5.91 Å². The first-order valence-corrected chi connectivity index (χ1v) is 6.41. The number of pyridine rings is 1. The molecule has 5 N–H and O–H groups in total. The van der Waals surface area contributed by atoms with Crippen molar-refractivity contribution in [2.45, 2.75) is 6.42 Å². The van der Waals surface area contributed by atoms with E-state index in [2.05, 4.69) is 21.7 Å². The fourth-order valence-electron chi connectivity index (χ4n) is 1.57. The van der Waals surface area contributed by atoms with Gasteiger partial charge in [-0.2, -0.15) is 11.3 Å². The molecular formula is C12H14N4OS. The summed E-state index contributed by atoms with van der Waals surface area (Å²) in [6, 6.07) is 3.60. The molecule has 0 aliphatic heterocycles. The van der Waals surface area contributed by atoms with Crippen molar-refractivity contribution in [3.05, 3.63) is 40.2 Å². The first kappa shape index (κ1) is 12.4. The van der Waals surface area contributed by atoms with E-state index in [0.29, 0.717) is 23.6 Å². The Balaban J connectivity index is 2.02. The van der Waals surface area contributed by atoms with Gasteiger partial charge in [0.15, 0.2) is 0 Å². The number of carbonyl (C=O) groups is 1. The number of hydrogen-bond donors (Lipinski definition) is 3. The number of carbonyl (C=O) groups excluding carboxylic acids is 1. The summed E-state index contributed by atoms with van der Waals surface area (Å²) in [7, 11) is 0. The van der Waals surface area contributed by atoms with Crippen molar-refractivity contribution in [3.63, 3.8) is 0 Å². The first-order valence-electron chi connectivity index (χ1n) is 5.47. The van der Waals surface area contributed by atoms with Crippen LogP contribution >= 0.6 is 11.3 Å². The van der Waals surface area contributed by atoms with E-state index in [1.54, 1.807) is 11.3 Å². The summed E-state index contributed by atoms with van der Waals surface area (Å²) in [5.41, 5.74) is 12.8. The van der Waals surface area contributed by atoms with Gasteiger partial charge < -0.3 is 16.8 Å².